The van der Waals surface area contributed by atoms with Crippen LogP contribution >= 0.6 is 75.3 Å². The van der Waals surface area contributed by atoms with Crippen molar-refractivity contribution in [3.8, 4) is 11.5 Å². The highest BCUT2D eigenvalue weighted by atomic mass is 79.9. The Morgan fingerprint density at radius 2 is 1.02 bits per heavy atom. The van der Waals surface area contributed by atoms with Crippen LogP contribution in [0, 0.1) is 11.8 Å². The number of halogens is 5. The predicted octanol–water partition coefficient (Wildman–Crippen LogP) is 10.3. The van der Waals surface area contributed by atoms with Crippen LogP contribution in [0.3, 0.4) is 0 Å². The number of para-hydroxylation sites is 4. The molecule has 0 saturated carbocycles. The van der Waals surface area contributed by atoms with Crippen molar-refractivity contribution in [1.29, 1.82) is 0 Å². The third-order valence-electron chi connectivity index (χ3n) is 6.11. The van der Waals surface area contributed by atoms with Gasteiger partial charge in [0.25, 0.3) is 0 Å². The summed E-state index contributed by atoms with van der Waals surface area (Å²) in [5.74, 6) is -0.0402. The Balaban J connectivity index is 0.000000178. The number of ether oxygens (including phenoxy) is 1. The molecule has 0 unspecified atom stereocenters. The quantitative estimate of drug-likeness (QED) is 0.0809. The van der Waals surface area contributed by atoms with Gasteiger partial charge in [0, 0.05) is 14.9 Å². The molecule has 6 rings (SSSR count). The van der Waals surface area contributed by atoms with Crippen molar-refractivity contribution in [3.63, 3.8) is 0 Å². The Morgan fingerprint density at radius 1 is 0.644 bits per heavy atom. The average Bonchev–Trinajstić information content (AvgIpc) is 3.01. The minimum Gasteiger partial charge on any atom is -0.504 e. The molecule has 0 aliphatic heterocycles. The number of hydrogen-bond donors (Lipinski definition) is 1. The first kappa shape index (κ1) is 35.1. The number of benzene rings is 4. The second kappa shape index (κ2) is 15.2. The molecule has 2 aromatic heterocycles. The van der Waals surface area contributed by atoms with Gasteiger partial charge in [0.2, 0.25) is 5.24 Å². The van der Waals surface area contributed by atoms with Gasteiger partial charge in [0.05, 0.1) is 36.9 Å². The summed E-state index contributed by atoms with van der Waals surface area (Å²) in [4.78, 5) is 40.0. The highest BCUT2D eigenvalue weighted by molar-refractivity contribution is 9.11. The molecule has 2 heterocycles. The summed E-state index contributed by atoms with van der Waals surface area (Å²) in [5, 5.41) is 9.70. The van der Waals surface area contributed by atoms with Gasteiger partial charge < -0.3 is 9.84 Å². The molecule has 8 nitrogen and oxygen atoms in total. The molecule has 6 aromatic rings. The monoisotopic (exact) mass is 880 g/mol. The van der Waals surface area contributed by atoms with Gasteiger partial charge >= 0.3 is 5.97 Å². The molecule has 0 aliphatic carbocycles. The van der Waals surface area contributed by atoms with Gasteiger partial charge in [-0.3, -0.25) is 9.59 Å². The highest BCUT2D eigenvalue weighted by Gasteiger charge is 2.19. The van der Waals surface area contributed by atoms with Crippen LogP contribution in [0.4, 0.5) is 0 Å². The van der Waals surface area contributed by atoms with E-state index in [2.05, 4.69) is 83.7 Å². The van der Waals surface area contributed by atoms with E-state index in [1.807, 2.05) is 54.6 Å². The van der Waals surface area contributed by atoms with Crippen LogP contribution in [0.1, 0.15) is 27.7 Å². The minimum absolute atomic E-state index is 0.0216. The molecule has 0 spiro atoms. The zero-order valence-corrected chi connectivity index (χ0v) is 31.4. The first-order valence-electron chi connectivity index (χ1n) is 13.5. The summed E-state index contributed by atoms with van der Waals surface area (Å²) in [7, 11) is 0. The van der Waals surface area contributed by atoms with Gasteiger partial charge in [-0.2, -0.15) is 0 Å². The van der Waals surface area contributed by atoms with Crippen LogP contribution in [0.5, 0.6) is 11.5 Å². The number of esters is 1. The van der Waals surface area contributed by atoms with E-state index in [9.17, 15) is 14.7 Å². The third-order valence-corrected chi connectivity index (χ3v) is 8.95. The number of carbonyl (C=O) groups excluding carboxylic acids is 2. The van der Waals surface area contributed by atoms with E-state index in [0.29, 0.717) is 36.8 Å². The van der Waals surface area contributed by atoms with E-state index < -0.39 is 0 Å². The van der Waals surface area contributed by atoms with Crippen molar-refractivity contribution in [1.82, 2.24) is 19.9 Å². The molecule has 0 aliphatic rings. The van der Waals surface area contributed by atoms with Crippen molar-refractivity contribution in [2.75, 3.05) is 0 Å². The van der Waals surface area contributed by atoms with Crippen molar-refractivity contribution >= 4 is 131 Å². The number of carbonyl (C=O) groups is 2. The Kier molecular flexibility index (Phi) is 11.9. The largest absolute Gasteiger partial charge is 0.504 e. The number of phenolic OH excluding ortho intramolecular Hbond substituents is 1. The van der Waals surface area contributed by atoms with Gasteiger partial charge in [-0.1, -0.05) is 52.0 Å². The molecule has 13 heteroatoms. The second-order valence-electron chi connectivity index (χ2n) is 10.2. The molecule has 45 heavy (non-hydrogen) atoms. The Hall–Kier alpha value is -2.77. The van der Waals surface area contributed by atoms with Crippen molar-refractivity contribution in [3.05, 3.63) is 78.6 Å². The van der Waals surface area contributed by atoms with E-state index in [0.717, 1.165) is 31.0 Å². The Bertz CT molecular complexity index is 2080. The SMILES string of the molecule is CC(C)C(=O)Cl.CC(C)C(=O)Oc1c(Br)cc(Br)c2nc3ccccc3nc12.Oc1c(Br)cc(Br)c2nc3ccccc3nc12. The summed E-state index contributed by atoms with van der Waals surface area (Å²) >= 11 is 18.6. The summed E-state index contributed by atoms with van der Waals surface area (Å²) in [6.45, 7) is 7.10. The fourth-order valence-electron chi connectivity index (χ4n) is 3.69. The normalized spacial score (nSPS) is 11.0. The molecule has 232 valence electrons. The predicted molar refractivity (Wildman–Crippen MR) is 193 cm³/mol. The summed E-state index contributed by atoms with van der Waals surface area (Å²) < 4.78 is 8.36. The van der Waals surface area contributed by atoms with E-state index in [1.165, 1.54) is 0 Å². The first-order valence-corrected chi connectivity index (χ1v) is 17.0. The molecular weight excluding hydrogens is 859 g/mol. The van der Waals surface area contributed by atoms with Gasteiger partial charge in [-0.05, 0) is 112 Å². The zero-order valence-electron chi connectivity index (χ0n) is 24.3. The number of aromatic nitrogens is 4. The van der Waals surface area contributed by atoms with Crippen LogP contribution in [0.2, 0.25) is 0 Å². The maximum Gasteiger partial charge on any atom is 0.313 e. The number of rotatable bonds is 3. The maximum absolute atomic E-state index is 12.0. The van der Waals surface area contributed by atoms with Gasteiger partial charge in [0.1, 0.15) is 22.1 Å². The van der Waals surface area contributed by atoms with E-state index in [4.69, 9.17) is 16.3 Å². The lowest BCUT2D eigenvalue weighted by Crippen LogP contribution is -2.15. The summed E-state index contributed by atoms with van der Waals surface area (Å²) in [5.41, 5.74) is 5.47. The molecule has 0 radical (unpaired) electrons. The molecule has 0 bridgehead atoms. The van der Waals surface area contributed by atoms with Gasteiger partial charge in [-0.15, -0.1) is 0 Å². The van der Waals surface area contributed by atoms with Crippen LogP contribution in [-0.4, -0.2) is 36.3 Å². The standard InChI is InChI=1S/C16H12Br2N2O2.C12H6Br2N2O.C4H7ClO/c1-8(2)16(21)22-15-10(18)7-9(17)13-14(15)20-12-6-4-3-5-11(12)19-13;13-6-5-7(14)12(17)11-10(6)15-8-3-1-2-4-9(8)16-11;1-3(2)4(5)6/h3-8H,1-2H3;1-5,17H;3H,1-2H3. The lowest BCUT2D eigenvalue weighted by Gasteiger charge is -2.12. The zero-order chi connectivity index (χ0) is 33.0. The topological polar surface area (TPSA) is 115 Å². The van der Waals surface area contributed by atoms with Crippen molar-refractivity contribution in [2.45, 2.75) is 27.7 Å². The average molecular weight is 885 g/mol. The lowest BCUT2D eigenvalue weighted by molar-refractivity contribution is -0.137. The molecule has 0 amide bonds. The van der Waals surface area contributed by atoms with Crippen molar-refractivity contribution < 1.29 is 19.4 Å². The summed E-state index contributed by atoms with van der Waals surface area (Å²) in [6.07, 6.45) is 0. The molecule has 4 aromatic carbocycles. The summed E-state index contributed by atoms with van der Waals surface area (Å²) in [6, 6.07) is 18.7. The van der Waals surface area contributed by atoms with E-state index in [-0.39, 0.29) is 28.8 Å². The fourth-order valence-corrected chi connectivity index (χ4v) is 6.23. The van der Waals surface area contributed by atoms with Crippen molar-refractivity contribution in [2.24, 2.45) is 11.8 Å². The van der Waals surface area contributed by atoms with Crippen LogP contribution in [0.15, 0.2) is 78.6 Å². The van der Waals surface area contributed by atoms with Gasteiger partial charge in [0.15, 0.2) is 11.5 Å². The van der Waals surface area contributed by atoms with Crippen LogP contribution < -0.4 is 4.74 Å². The molecule has 1 N–H and O–H groups in total. The first-order chi connectivity index (χ1) is 21.3. The van der Waals surface area contributed by atoms with E-state index in [1.54, 1.807) is 33.8 Å². The second-order valence-corrected chi connectivity index (χ2v) is 14.0. The number of fused-ring (bicyclic) bond motifs is 4. The minimum atomic E-state index is -0.306. The maximum atomic E-state index is 12.0. The molecule has 0 saturated heterocycles. The van der Waals surface area contributed by atoms with E-state index >= 15 is 0 Å². The molecular formula is C32H25Br4ClN4O4. The molecule has 0 fully saturated rings. The highest BCUT2D eigenvalue weighted by Crippen LogP contribution is 2.38. The Morgan fingerprint density at radius 3 is 1.44 bits per heavy atom. The Labute approximate surface area is 297 Å². The van der Waals surface area contributed by atoms with Crippen LogP contribution in [0.25, 0.3) is 44.1 Å². The number of hydrogen-bond acceptors (Lipinski definition) is 8. The number of phenols is 1. The fraction of sp³-hybridized carbons (Fsp3) is 0.188. The van der Waals surface area contributed by atoms with Crippen LogP contribution in [-0.2, 0) is 9.59 Å². The van der Waals surface area contributed by atoms with Gasteiger partial charge in [-0.25, -0.2) is 19.9 Å². The number of nitrogens with zero attached hydrogens (tertiary/aromatic N) is 4. The smallest absolute Gasteiger partial charge is 0.313 e. The lowest BCUT2D eigenvalue weighted by atomic mass is 10.2. The number of aromatic hydroxyl groups is 1. The third kappa shape index (κ3) is 8.34. The molecule has 0 atom stereocenters.